The monoisotopic (exact) mass is 258 g/mol. The van der Waals surface area contributed by atoms with Gasteiger partial charge in [-0.3, -0.25) is 0 Å². The van der Waals surface area contributed by atoms with E-state index >= 15 is 0 Å². The zero-order valence-corrected chi connectivity index (χ0v) is 10.5. The average molecular weight is 258 g/mol. The molecular formula is C11H18N2O3S. The summed E-state index contributed by atoms with van der Waals surface area (Å²) in [6, 6.07) is 1.49. The summed E-state index contributed by atoms with van der Waals surface area (Å²) in [4.78, 5) is 2.91. The number of aromatic amines is 1. The molecule has 1 aromatic rings. The molecule has 1 aliphatic carbocycles. The van der Waals surface area contributed by atoms with E-state index in [1.165, 1.54) is 12.3 Å². The Kier molecular flexibility index (Phi) is 3.56. The number of H-pyrrole nitrogens is 1. The molecule has 0 unspecified atom stereocenters. The molecule has 0 aromatic carbocycles. The molecule has 1 saturated carbocycles. The lowest BCUT2D eigenvalue weighted by Crippen LogP contribution is -2.44. The molecule has 0 aliphatic heterocycles. The number of aromatic nitrogens is 1. The maximum absolute atomic E-state index is 11.8. The maximum Gasteiger partial charge on any atom is 0.242 e. The Labute approximate surface area is 101 Å². The Bertz CT molecular complexity index is 447. The van der Waals surface area contributed by atoms with E-state index < -0.39 is 15.6 Å². The van der Waals surface area contributed by atoms with Crippen LogP contribution in [0.3, 0.4) is 0 Å². The van der Waals surface area contributed by atoms with Crippen LogP contribution in [0.15, 0.2) is 23.4 Å². The van der Waals surface area contributed by atoms with Gasteiger partial charge in [-0.1, -0.05) is 19.3 Å². The molecule has 17 heavy (non-hydrogen) atoms. The minimum absolute atomic E-state index is 0.0977. The van der Waals surface area contributed by atoms with Crippen LogP contribution in [0.1, 0.15) is 32.1 Å². The Hall–Kier alpha value is -0.850. The molecule has 1 fully saturated rings. The molecule has 1 heterocycles. The molecule has 0 atom stereocenters. The molecule has 0 radical (unpaired) electrons. The molecule has 1 aromatic heterocycles. The van der Waals surface area contributed by atoms with Gasteiger partial charge in [0.1, 0.15) is 0 Å². The summed E-state index contributed by atoms with van der Waals surface area (Å²) in [5.74, 6) is 0. The summed E-state index contributed by atoms with van der Waals surface area (Å²) in [5, 5.41) is 10.2. The van der Waals surface area contributed by atoms with E-state index in [1.807, 2.05) is 0 Å². The number of rotatable bonds is 4. The molecule has 0 amide bonds. The topological polar surface area (TPSA) is 82.2 Å². The van der Waals surface area contributed by atoms with Crippen molar-refractivity contribution in [2.45, 2.75) is 42.6 Å². The summed E-state index contributed by atoms with van der Waals surface area (Å²) in [5.41, 5.74) is -0.873. The van der Waals surface area contributed by atoms with Gasteiger partial charge >= 0.3 is 0 Å². The average Bonchev–Trinajstić information content (AvgIpc) is 2.82. The Morgan fingerprint density at radius 3 is 2.65 bits per heavy atom. The van der Waals surface area contributed by atoms with Crippen molar-refractivity contribution in [3.05, 3.63) is 18.5 Å². The summed E-state index contributed by atoms with van der Waals surface area (Å²) >= 11 is 0. The lowest BCUT2D eigenvalue weighted by Gasteiger charge is -2.31. The van der Waals surface area contributed by atoms with Crippen LogP contribution < -0.4 is 4.72 Å². The van der Waals surface area contributed by atoms with Gasteiger partial charge in [-0.05, 0) is 18.9 Å². The lowest BCUT2D eigenvalue weighted by atomic mass is 9.85. The smallest absolute Gasteiger partial charge is 0.242 e. The van der Waals surface area contributed by atoms with Gasteiger partial charge in [-0.2, -0.15) is 0 Å². The standard InChI is InChI=1S/C11H18N2O3S/c14-11(5-2-1-3-6-11)9-13-17(15,16)10-4-7-12-8-10/h4,7-8,12-14H,1-3,5-6,9H2. The molecule has 1 aliphatic rings. The van der Waals surface area contributed by atoms with Crippen molar-refractivity contribution in [1.29, 1.82) is 0 Å². The Morgan fingerprint density at radius 2 is 2.06 bits per heavy atom. The van der Waals surface area contributed by atoms with E-state index in [2.05, 4.69) is 9.71 Å². The second-order valence-corrected chi connectivity index (χ2v) is 6.42. The summed E-state index contributed by atoms with van der Waals surface area (Å²) in [6.07, 6.45) is 7.36. The largest absolute Gasteiger partial charge is 0.389 e. The number of nitrogens with one attached hydrogen (secondary N) is 2. The van der Waals surface area contributed by atoms with Crippen LogP contribution in [0.25, 0.3) is 0 Å². The van der Waals surface area contributed by atoms with Gasteiger partial charge in [0.25, 0.3) is 0 Å². The van der Waals surface area contributed by atoms with Crippen molar-refractivity contribution in [2.75, 3.05) is 6.54 Å². The fourth-order valence-corrected chi connectivity index (χ4v) is 3.27. The minimum atomic E-state index is -3.50. The number of hydrogen-bond donors (Lipinski definition) is 3. The molecule has 6 heteroatoms. The van der Waals surface area contributed by atoms with Crippen molar-refractivity contribution in [3.63, 3.8) is 0 Å². The molecule has 0 bridgehead atoms. The molecule has 5 nitrogen and oxygen atoms in total. The van der Waals surface area contributed by atoms with Gasteiger partial charge in [-0.25, -0.2) is 13.1 Å². The molecule has 0 saturated heterocycles. The van der Waals surface area contributed by atoms with Gasteiger partial charge in [0.05, 0.1) is 10.5 Å². The Morgan fingerprint density at radius 1 is 1.35 bits per heavy atom. The first-order valence-corrected chi connectivity index (χ1v) is 7.35. The minimum Gasteiger partial charge on any atom is -0.389 e. The van der Waals surface area contributed by atoms with Gasteiger partial charge in [0, 0.05) is 18.9 Å². The molecular weight excluding hydrogens is 240 g/mol. The summed E-state index contributed by atoms with van der Waals surface area (Å²) in [6.45, 7) is 0.0977. The van der Waals surface area contributed by atoms with Gasteiger partial charge in [0.2, 0.25) is 10.0 Å². The van der Waals surface area contributed by atoms with E-state index in [-0.39, 0.29) is 11.4 Å². The van der Waals surface area contributed by atoms with E-state index in [9.17, 15) is 13.5 Å². The number of sulfonamides is 1. The van der Waals surface area contributed by atoms with Gasteiger partial charge in [-0.15, -0.1) is 0 Å². The van der Waals surface area contributed by atoms with Crippen molar-refractivity contribution < 1.29 is 13.5 Å². The third kappa shape index (κ3) is 3.08. The van der Waals surface area contributed by atoms with Gasteiger partial charge in [0.15, 0.2) is 0 Å². The Balaban J connectivity index is 1.98. The number of hydrogen-bond acceptors (Lipinski definition) is 3. The first-order chi connectivity index (χ1) is 8.02. The van der Waals surface area contributed by atoms with Crippen LogP contribution in [-0.4, -0.2) is 30.7 Å². The van der Waals surface area contributed by atoms with E-state index in [1.54, 1.807) is 6.20 Å². The van der Waals surface area contributed by atoms with E-state index in [4.69, 9.17) is 0 Å². The fraction of sp³-hybridized carbons (Fsp3) is 0.636. The third-order valence-electron chi connectivity index (χ3n) is 3.26. The molecule has 96 valence electrons. The van der Waals surface area contributed by atoms with Crippen molar-refractivity contribution in [1.82, 2.24) is 9.71 Å². The van der Waals surface area contributed by atoms with Crippen LogP contribution >= 0.6 is 0 Å². The molecule has 2 rings (SSSR count). The van der Waals surface area contributed by atoms with Gasteiger partial charge < -0.3 is 10.1 Å². The van der Waals surface area contributed by atoms with Crippen molar-refractivity contribution in [3.8, 4) is 0 Å². The highest BCUT2D eigenvalue weighted by Crippen LogP contribution is 2.27. The van der Waals surface area contributed by atoms with Crippen LogP contribution in [0.4, 0.5) is 0 Å². The third-order valence-corrected chi connectivity index (χ3v) is 4.65. The maximum atomic E-state index is 11.8. The fourth-order valence-electron chi connectivity index (χ4n) is 2.18. The lowest BCUT2D eigenvalue weighted by molar-refractivity contribution is 0.00945. The van der Waals surface area contributed by atoms with Crippen molar-refractivity contribution >= 4 is 10.0 Å². The predicted octanol–water partition coefficient (Wildman–Crippen LogP) is 0.988. The van der Waals surface area contributed by atoms with Crippen LogP contribution in [-0.2, 0) is 10.0 Å². The van der Waals surface area contributed by atoms with Crippen molar-refractivity contribution in [2.24, 2.45) is 0 Å². The second kappa shape index (κ2) is 4.80. The van der Waals surface area contributed by atoms with Crippen LogP contribution in [0.5, 0.6) is 0 Å². The predicted molar refractivity (Wildman–Crippen MR) is 64.0 cm³/mol. The summed E-state index contributed by atoms with van der Waals surface area (Å²) in [7, 11) is -3.50. The highest BCUT2D eigenvalue weighted by Gasteiger charge is 2.30. The van der Waals surface area contributed by atoms with Crippen LogP contribution in [0, 0.1) is 0 Å². The zero-order chi connectivity index (χ0) is 12.4. The normalized spacial score (nSPS) is 20.3. The SMILES string of the molecule is O=S(=O)(NCC1(O)CCCCC1)c1cc[nH]c1. The first kappa shape index (κ1) is 12.6. The highest BCUT2D eigenvalue weighted by molar-refractivity contribution is 7.89. The van der Waals surface area contributed by atoms with Crippen LogP contribution in [0.2, 0.25) is 0 Å². The highest BCUT2D eigenvalue weighted by atomic mass is 32.2. The number of aliphatic hydroxyl groups is 1. The first-order valence-electron chi connectivity index (χ1n) is 5.87. The quantitative estimate of drug-likeness (QED) is 0.753. The second-order valence-electron chi connectivity index (χ2n) is 4.66. The zero-order valence-electron chi connectivity index (χ0n) is 9.65. The molecule has 3 N–H and O–H groups in total. The van der Waals surface area contributed by atoms with E-state index in [0.717, 1.165) is 19.3 Å². The summed E-state index contributed by atoms with van der Waals surface area (Å²) < 4.78 is 26.1. The van der Waals surface area contributed by atoms with E-state index in [0.29, 0.717) is 12.8 Å². The molecule has 0 spiro atoms.